The Morgan fingerprint density at radius 3 is 2.50 bits per heavy atom. The van der Waals surface area contributed by atoms with Crippen molar-refractivity contribution < 1.29 is 4.79 Å². The van der Waals surface area contributed by atoms with Gasteiger partial charge in [-0.1, -0.05) is 68.1 Å². The molecule has 1 unspecified atom stereocenters. The number of hydrogen-bond donors (Lipinski definition) is 1. The van der Waals surface area contributed by atoms with Crippen LogP contribution in [-0.2, 0) is 4.79 Å². The van der Waals surface area contributed by atoms with Crippen LogP contribution in [0.1, 0.15) is 31.7 Å². The average molecular weight is 444 g/mol. The largest absolute Gasteiger partial charge is 0.325 e. The van der Waals surface area contributed by atoms with Crippen LogP contribution in [0.3, 0.4) is 0 Å². The molecule has 0 aliphatic carbocycles. The molecular weight excluding hydrogens is 418 g/mol. The fourth-order valence-corrected chi connectivity index (χ4v) is 4.16. The number of benzene rings is 2. The lowest BCUT2D eigenvalue weighted by atomic mass is 9.97. The van der Waals surface area contributed by atoms with Crippen molar-refractivity contribution in [2.75, 3.05) is 11.1 Å². The first-order chi connectivity index (χ1) is 15.7. The Morgan fingerprint density at radius 1 is 1.00 bits per heavy atom. The number of hydrogen-bond acceptors (Lipinski definition) is 5. The number of rotatable bonds is 8. The third-order valence-electron chi connectivity index (χ3n) is 5.25. The van der Waals surface area contributed by atoms with Crippen LogP contribution in [0.4, 0.5) is 5.69 Å². The normalized spacial score (nSPS) is 11.8. The molecule has 7 heteroatoms. The van der Waals surface area contributed by atoms with Crippen molar-refractivity contribution in [2.45, 2.75) is 31.3 Å². The quantitative estimate of drug-likeness (QED) is 0.360. The Kier molecular flexibility index (Phi) is 6.97. The van der Waals surface area contributed by atoms with Crippen LogP contribution >= 0.6 is 11.8 Å². The average Bonchev–Trinajstić information content (AvgIpc) is 3.28. The standard InChI is InChI=1S/C25H25N5OS/c1-3-18(2)20-13-7-8-14-21(20)27-23(31)17-32-25-29-28-24(22-15-9-10-16-26-22)30(25)19-11-5-4-6-12-19/h4-16,18H,3,17H2,1-2H3,(H,27,31). The lowest BCUT2D eigenvalue weighted by Crippen LogP contribution is -2.16. The smallest absolute Gasteiger partial charge is 0.234 e. The fraction of sp³-hybridized carbons (Fsp3) is 0.200. The molecule has 0 aliphatic heterocycles. The molecular formula is C25H25N5OS. The van der Waals surface area contributed by atoms with Crippen molar-refractivity contribution >= 4 is 23.4 Å². The monoisotopic (exact) mass is 443 g/mol. The highest BCUT2D eigenvalue weighted by Crippen LogP contribution is 2.29. The van der Waals surface area contributed by atoms with E-state index in [4.69, 9.17) is 0 Å². The topological polar surface area (TPSA) is 72.7 Å². The summed E-state index contributed by atoms with van der Waals surface area (Å²) in [5.41, 5.74) is 3.66. The minimum atomic E-state index is -0.0762. The molecule has 2 aromatic carbocycles. The molecule has 4 rings (SSSR count). The van der Waals surface area contributed by atoms with Crippen molar-refractivity contribution in [1.82, 2.24) is 19.7 Å². The zero-order valence-electron chi connectivity index (χ0n) is 18.1. The number of thioether (sulfide) groups is 1. The molecule has 0 saturated carbocycles. The first-order valence-corrected chi connectivity index (χ1v) is 11.6. The number of carbonyl (C=O) groups is 1. The summed E-state index contributed by atoms with van der Waals surface area (Å²) in [6.45, 7) is 4.32. The maximum absolute atomic E-state index is 12.8. The van der Waals surface area contributed by atoms with Gasteiger partial charge in [0.2, 0.25) is 5.91 Å². The van der Waals surface area contributed by atoms with Gasteiger partial charge < -0.3 is 5.32 Å². The van der Waals surface area contributed by atoms with E-state index in [0.717, 1.165) is 29.1 Å². The van der Waals surface area contributed by atoms with Crippen LogP contribution in [0, 0.1) is 0 Å². The molecule has 0 saturated heterocycles. The fourth-order valence-electron chi connectivity index (χ4n) is 3.41. The lowest BCUT2D eigenvalue weighted by Gasteiger charge is -2.15. The van der Waals surface area contributed by atoms with Crippen molar-refractivity contribution in [3.63, 3.8) is 0 Å². The molecule has 1 N–H and O–H groups in total. The third kappa shape index (κ3) is 4.89. The number of carbonyl (C=O) groups excluding carboxylic acids is 1. The van der Waals surface area contributed by atoms with E-state index in [9.17, 15) is 4.79 Å². The lowest BCUT2D eigenvalue weighted by molar-refractivity contribution is -0.113. The van der Waals surface area contributed by atoms with Gasteiger partial charge in [0.15, 0.2) is 11.0 Å². The molecule has 0 radical (unpaired) electrons. The Bertz CT molecular complexity index is 1180. The van der Waals surface area contributed by atoms with Crippen LogP contribution in [0.5, 0.6) is 0 Å². The number of anilines is 1. The van der Waals surface area contributed by atoms with Crippen LogP contribution in [-0.4, -0.2) is 31.4 Å². The molecule has 0 spiro atoms. The number of amides is 1. The molecule has 1 amide bonds. The Labute approximate surface area is 192 Å². The minimum absolute atomic E-state index is 0.0762. The van der Waals surface area contributed by atoms with Crippen LogP contribution in [0.2, 0.25) is 0 Å². The number of pyridine rings is 1. The van der Waals surface area contributed by atoms with Gasteiger partial charge in [0.05, 0.1) is 5.75 Å². The number of nitrogens with zero attached hydrogens (tertiary/aromatic N) is 4. The zero-order chi connectivity index (χ0) is 22.3. The Morgan fingerprint density at radius 2 is 1.75 bits per heavy atom. The minimum Gasteiger partial charge on any atom is -0.325 e. The maximum atomic E-state index is 12.8. The summed E-state index contributed by atoms with van der Waals surface area (Å²) < 4.78 is 1.94. The first-order valence-electron chi connectivity index (χ1n) is 10.6. The Hall–Kier alpha value is -3.45. The van der Waals surface area contributed by atoms with E-state index in [1.165, 1.54) is 11.8 Å². The van der Waals surface area contributed by atoms with E-state index in [1.807, 2.05) is 71.3 Å². The summed E-state index contributed by atoms with van der Waals surface area (Å²) in [5.74, 6) is 1.16. The second kappa shape index (κ2) is 10.2. The van der Waals surface area contributed by atoms with Gasteiger partial charge in [-0.2, -0.15) is 0 Å². The summed E-state index contributed by atoms with van der Waals surface area (Å²) in [4.78, 5) is 17.2. The summed E-state index contributed by atoms with van der Waals surface area (Å²) in [5, 5.41) is 12.4. The number of nitrogens with one attached hydrogen (secondary N) is 1. The van der Waals surface area contributed by atoms with E-state index in [0.29, 0.717) is 16.9 Å². The predicted molar refractivity (Wildman–Crippen MR) is 129 cm³/mol. The van der Waals surface area contributed by atoms with Gasteiger partial charge in [-0.3, -0.25) is 14.3 Å². The highest BCUT2D eigenvalue weighted by atomic mass is 32.2. The molecule has 32 heavy (non-hydrogen) atoms. The zero-order valence-corrected chi connectivity index (χ0v) is 18.9. The van der Waals surface area contributed by atoms with Gasteiger partial charge in [0.1, 0.15) is 5.69 Å². The van der Waals surface area contributed by atoms with Crippen molar-refractivity contribution in [3.05, 3.63) is 84.6 Å². The second-order valence-corrected chi connectivity index (χ2v) is 8.37. The van der Waals surface area contributed by atoms with Crippen LogP contribution < -0.4 is 5.32 Å². The summed E-state index contributed by atoms with van der Waals surface area (Å²) in [6, 6.07) is 23.5. The number of aromatic nitrogens is 4. The van der Waals surface area contributed by atoms with Crippen LogP contribution in [0.15, 0.2) is 84.1 Å². The van der Waals surface area contributed by atoms with Gasteiger partial charge in [0.25, 0.3) is 0 Å². The van der Waals surface area contributed by atoms with Gasteiger partial charge in [-0.05, 0) is 48.2 Å². The van der Waals surface area contributed by atoms with Crippen molar-refractivity contribution in [3.8, 4) is 17.2 Å². The van der Waals surface area contributed by atoms with Crippen molar-refractivity contribution in [2.24, 2.45) is 0 Å². The summed E-state index contributed by atoms with van der Waals surface area (Å²) in [7, 11) is 0. The van der Waals surface area contributed by atoms with E-state index < -0.39 is 0 Å². The molecule has 0 fully saturated rings. The highest BCUT2D eigenvalue weighted by Gasteiger charge is 2.18. The highest BCUT2D eigenvalue weighted by molar-refractivity contribution is 7.99. The SMILES string of the molecule is CCC(C)c1ccccc1NC(=O)CSc1nnc(-c2ccccn2)n1-c1ccccc1. The van der Waals surface area contributed by atoms with Gasteiger partial charge in [-0.25, -0.2) is 0 Å². The van der Waals surface area contributed by atoms with Gasteiger partial charge in [0, 0.05) is 17.6 Å². The molecule has 162 valence electrons. The Balaban J connectivity index is 1.56. The third-order valence-corrected chi connectivity index (χ3v) is 6.18. The molecule has 0 aliphatic rings. The van der Waals surface area contributed by atoms with Crippen LogP contribution in [0.25, 0.3) is 17.2 Å². The first kappa shape index (κ1) is 21.8. The summed E-state index contributed by atoms with van der Waals surface area (Å²) in [6.07, 6.45) is 2.74. The van der Waals surface area contributed by atoms with Gasteiger partial charge >= 0.3 is 0 Å². The van der Waals surface area contributed by atoms with E-state index in [1.54, 1.807) is 6.20 Å². The molecule has 0 bridgehead atoms. The summed E-state index contributed by atoms with van der Waals surface area (Å²) >= 11 is 1.35. The predicted octanol–water partition coefficient (Wildman–Crippen LogP) is 5.57. The van der Waals surface area contributed by atoms with E-state index in [-0.39, 0.29) is 11.7 Å². The molecule has 2 aromatic heterocycles. The molecule has 2 heterocycles. The van der Waals surface area contributed by atoms with E-state index >= 15 is 0 Å². The van der Waals surface area contributed by atoms with E-state index in [2.05, 4.69) is 40.4 Å². The molecule has 1 atom stereocenters. The second-order valence-electron chi connectivity index (χ2n) is 7.43. The van der Waals surface area contributed by atoms with Crippen molar-refractivity contribution in [1.29, 1.82) is 0 Å². The maximum Gasteiger partial charge on any atom is 0.234 e. The van der Waals surface area contributed by atoms with Gasteiger partial charge in [-0.15, -0.1) is 10.2 Å². The molecule has 4 aromatic rings. The molecule has 6 nitrogen and oxygen atoms in total. The number of para-hydroxylation sites is 2.